The number of nitrogens with one attached hydrogen (secondary N) is 2. The summed E-state index contributed by atoms with van der Waals surface area (Å²) in [6, 6.07) is 22.1. The second-order valence-electron chi connectivity index (χ2n) is 6.42. The zero-order valence-electron chi connectivity index (χ0n) is 16.3. The van der Waals surface area contributed by atoms with Gasteiger partial charge in [0.15, 0.2) is 0 Å². The molecule has 0 radical (unpaired) electrons. The molecule has 0 atom stereocenters. The summed E-state index contributed by atoms with van der Waals surface area (Å²) in [7, 11) is 1.60. The van der Waals surface area contributed by atoms with Crippen LogP contribution in [-0.4, -0.2) is 24.7 Å². The lowest BCUT2D eigenvalue weighted by Gasteiger charge is -2.09. The van der Waals surface area contributed by atoms with Crippen LogP contribution in [0.1, 0.15) is 15.9 Å². The summed E-state index contributed by atoms with van der Waals surface area (Å²) >= 11 is 1.41. The first-order valence-electron chi connectivity index (χ1n) is 9.08. The summed E-state index contributed by atoms with van der Waals surface area (Å²) in [5, 5.41) is 5.75. The van der Waals surface area contributed by atoms with Crippen LogP contribution in [0.3, 0.4) is 0 Å². The third kappa shape index (κ3) is 6.12. The number of aryl methyl sites for hydroxylation is 1. The van der Waals surface area contributed by atoms with E-state index in [9.17, 15) is 9.59 Å². The number of carbonyl (C=O) groups excluding carboxylic acids is 2. The third-order valence-corrected chi connectivity index (χ3v) is 5.11. The SMILES string of the molecule is COc1ccc(NC(=O)CSc2cccc(NC(=O)c3cccc(C)c3)c2)cc1. The van der Waals surface area contributed by atoms with Crippen LogP contribution in [0.5, 0.6) is 5.75 Å². The van der Waals surface area contributed by atoms with Gasteiger partial charge in [-0.2, -0.15) is 0 Å². The Morgan fingerprint density at radius 2 is 1.66 bits per heavy atom. The van der Waals surface area contributed by atoms with Crippen LogP contribution in [0.15, 0.2) is 77.7 Å². The summed E-state index contributed by atoms with van der Waals surface area (Å²) < 4.78 is 5.11. The molecule has 148 valence electrons. The molecule has 6 heteroatoms. The number of anilines is 2. The fraction of sp³-hybridized carbons (Fsp3) is 0.130. The minimum Gasteiger partial charge on any atom is -0.497 e. The van der Waals surface area contributed by atoms with E-state index < -0.39 is 0 Å². The molecule has 0 saturated heterocycles. The van der Waals surface area contributed by atoms with Crippen molar-refractivity contribution < 1.29 is 14.3 Å². The van der Waals surface area contributed by atoms with E-state index in [-0.39, 0.29) is 17.6 Å². The van der Waals surface area contributed by atoms with Crippen molar-refractivity contribution in [3.63, 3.8) is 0 Å². The molecule has 0 heterocycles. The lowest BCUT2D eigenvalue weighted by molar-refractivity contribution is -0.113. The molecule has 5 nitrogen and oxygen atoms in total. The normalized spacial score (nSPS) is 10.3. The second-order valence-corrected chi connectivity index (χ2v) is 7.47. The van der Waals surface area contributed by atoms with Crippen molar-refractivity contribution in [1.29, 1.82) is 0 Å². The van der Waals surface area contributed by atoms with E-state index in [2.05, 4.69) is 10.6 Å². The number of hydrogen-bond acceptors (Lipinski definition) is 4. The van der Waals surface area contributed by atoms with Crippen molar-refractivity contribution >= 4 is 35.0 Å². The van der Waals surface area contributed by atoms with Crippen LogP contribution in [0, 0.1) is 6.92 Å². The lowest BCUT2D eigenvalue weighted by atomic mass is 10.1. The first kappa shape index (κ1) is 20.5. The van der Waals surface area contributed by atoms with Crippen molar-refractivity contribution in [1.82, 2.24) is 0 Å². The highest BCUT2D eigenvalue weighted by molar-refractivity contribution is 8.00. The van der Waals surface area contributed by atoms with E-state index in [1.54, 1.807) is 37.4 Å². The van der Waals surface area contributed by atoms with Gasteiger partial charge in [0.1, 0.15) is 5.75 Å². The molecule has 0 aliphatic carbocycles. The maximum atomic E-state index is 12.4. The van der Waals surface area contributed by atoms with Crippen molar-refractivity contribution in [2.24, 2.45) is 0 Å². The van der Waals surface area contributed by atoms with Crippen LogP contribution < -0.4 is 15.4 Å². The fourth-order valence-electron chi connectivity index (χ4n) is 2.67. The van der Waals surface area contributed by atoms with Crippen LogP contribution in [0.25, 0.3) is 0 Å². The highest BCUT2D eigenvalue weighted by Gasteiger charge is 2.08. The largest absolute Gasteiger partial charge is 0.497 e. The average Bonchev–Trinajstić information content (AvgIpc) is 2.73. The van der Waals surface area contributed by atoms with Crippen LogP contribution >= 0.6 is 11.8 Å². The zero-order chi connectivity index (χ0) is 20.6. The Balaban J connectivity index is 1.55. The second kappa shape index (κ2) is 9.80. The summed E-state index contributed by atoms with van der Waals surface area (Å²) in [5.74, 6) is 0.741. The number of amides is 2. The Morgan fingerprint density at radius 3 is 2.38 bits per heavy atom. The maximum Gasteiger partial charge on any atom is 0.255 e. The standard InChI is InChI=1S/C23H22N2O3S/c1-16-5-3-6-17(13-16)23(27)25-19-7-4-8-21(14-19)29-15-22(26)24-18-9-11-20(28-2)12-10-18/h3-14H,15H2,1-2H3,(H,24,26)(H,25,27). The molecule has 0 fully saturated rings. The molecule has 3 aromatic rings. The van der Waals surface area contributed by atoms with Gasteiger partial charge in [0.25, 0.3) is 5.91 Å². The lowest BCUT2D eigenvalue weighted by Crippen LogP contribution is -2.14. The zero-order valence-corrected chi connectivity index (χ0v) is 17.1. The van der Waals surface area contributed by atoms with Gasteiger partial charge in [0.05, 0.1) is 12.9 Å². The molecular weight excluding hydrogens is 384 g/mol. The van der Waals surface area contributed by atoms with E-state index >= 15 is 0 Å². The number of carbonyl (C=O) groups is 2. The minimum absolute atomic E-state index is 0.102. The Kier molecular flexibility index (Phi) is 6.92. The van der Waals surface area contributed by atoms with Gasteiger partial charge in [-0.1, -0.05) is 23.8 Å². The molecule has 29 heavy (non-hydrogen) atoms. The molecule has 3 aromatic carbocycles. The van der Waals surface area contributed by atoms with Crippen molar-refractivity contribution in [3.8, 4) is 5.75 Å². The third-order valence-electron chi connectivity index (χ3n) is 4.12. The molecule has 0 aliphatic rings. The number of ether oxygens (including phenoxy) is 1. The monoisotopic (exact) mass is 406 g/mol. The van der Waals surface area contributed by atoms with Gasteiger partial charge in [-0.05, 0) is 61.5 Å². The predicted molar refractivity (Wildman–Crippen MR) is 118 cm³/mol. The van der Waals surface area contributed by atoms with Crippen LogP contribution in [0.4, 0.5) is 11.4 Å². The van der Waals surface area contributed by atoms with Gasteiger partial charge in [-0.3, -0.25) is 9.59 Å². The Labute approximate surface area is 174 Å². The molecule has 0 aliphatic heterocycles. The first-order chi connectivity index (χ1) is 14.0. The van der Waals surface area contributed by atoms with Gasteiger partial charge in [-0.25, -0.2) is 0 Å². The number of methoxy groups -OCH3 is 1. The molecule has 2 amide bonds. The van der Waals surface area contributed by atoms with E-state index in [0.717, 1.165) is 21.9 Å². The topological polar surface area (TPSA) is 67.4 Å². The van der Waals surface area contributed by atoms with Gasteiger partial charge in [0.2, 0.25) is 5.91 Å². The van der Waals surface area contributed by atoms with Gasteiger partial charge in [0, 0.05) is 21.8 Å². The van der Waals surface area contributed by atoms with Crippen molar-refractivity contribution in [3.05, 3.63) is 83.9 Å². The highest BCUT2D eigenvalue weighted by atomic mass is 32.2. The number of benzene rings is 3. The average molecular weight is 407 g/mol. The van der Waals surface area contributed by atoms with E-state index in [1.807, 2.05) is 49.4 Å². The molecule has 3 rings (SSSR count). The summed E-state index contributed by atoms with van der Waals surface area (Å²) in [4.78, 5) is 25.5. The fourth-order valence-corrected chi connectivity index (χ4v) is 3.43. The van der Waals surface area contributed by atoms with E-state index in [4.69, 9.17) is 4.74 Å². The molecule has 0 aromatic heterocycles. The van der Waals surface area contributed by atoms with Crippen molar-refractivity contribution in [2.75, 3.05) is 23.5 Å². The van der Waals surface area contributed by atoms with Gasteiger partial charge in [-0.15, -0.1) is 11.8 Å². The molecule has 2 N–H and O–H groups in total. The molecule has 0 unspecified atom stereocenters. The van der Waals surface area contributed by atoms with Gasteiger partial charge < -0.3 is 15.4 Å². The minimum atomic E-state index is -0.159. The van der Waals surface area contributed by atoms with Gasteiger partial charge >= 0.3 is 0 Å². The predicted octanol–water partition coefficient (Wildman–Crippen LogP) is 4.99. The maximum absolute atomic E-state index is 12.4. The first-order valence-corrected chi connectivity index (χ1v) is 10.1. The highest BCUT2D eigenvalue weighted by Crippen LogP contribution is 2.23. The Morgan fingerprint density at radius 1 is 0.897 bits per heavy atom. The number of hydrogen-bond donors (Lipinski definition) is 2. The van der Waals surface area contributed by atoms with Crippen LogP contribution in [0.2, 0.25) is 0 Å². The molecule has 0 saturated carbocycles. The smallest absolute Gasteiger partial charge is 0.255 e. The number of thioether (sulfide) groups is 1. The quantitative estimate of drug-likeness (QED) is 0.543. The Bertz CT molecular complexity index is 1000. The number of rotatable bonds is 7. The van der Waals surface area contributed by atoms with E-state index in [1.165, 1.54) is 11.8 Å². The summed E-state index contributed by atoms with van der Waals surface area (Å²) in [6.07, 6.45) is 0. The molecular formula is C23H22N2O3S. The Hall–Kier alpha value is -3.25. The summed E-state index contributed by atoms with van der Waals surface area (Å²) in [5.41, 5.74) is 3.05. The molecule has 0 bridgehead atoms. The molecule has 0 spiro atoms. The summed E-state index contributed by atoms with van der Waals surface area (Å²) in [6.45, 7) is 1.95. The van der Waals surface area contributed by atoms with Crippen LogP contribution in [-0.2, 0) is 4.79 Å². The van der Waals surface area contributed by atoms with E-state index in [0.29, 0.717) is 11.3 Å². The van der Waals surface area contributed by atoms with Crippen molar-refractivity contribution in [2.45, 2.75) is 11.8 Å².